The molecule has 0 bridgehead atoms. The molecule has 8 heteroatoms. The number of nitrogens with zero attached hydrogens (tertiary/aromatic N) is 3. The van der Waals surface area contributed by atoms with Gasteiger partial charge in [-0.1, -0.05) is 6.92 Å². The first-order chi connectivity index (χ1) is 9.54. The number of H-pyrrole nitrogens is 1. The van der Waals surface area contributed by atoms with Crippen LogP contribution in [0.1, 0.15) is 24.5 Å². The highest BCUT2D eigenvalue weighted by Crippen LogP contribution is 2.27. The second-order valence-corrected chi connectivity index (χ2v) is 5.24. The molecule has 0 aliphatic heterocycles. The Labute approximate surface area is 120 Å². The van der Waals surface area contributed by atoms with Gasteiger partial charge in [-0.15, -0.1) is 5.10 Å². The standard InChI is InChI=1S/C12H16N6OS/c1-3-6-18-11(19)16-17-12(18)20-10-8(9(13)14)7(2)4-5-15-10/h4-5H,3,6H2,1-2H3,(H3,13,14)(H,16,19). The Kier molecular flexibility index (Phi) is 4.23. The third-order valence-corrected chi connectivity index (χ3v) is 3.75. The number of aromatic nitrogens is 4. The molecule has 0 fully saturated rings. The van der Waals surface area contributed by atoms with Gasteiger partial charge in [0.15, 0.2) is 5.16 Å². The summed E-state index contributed by atoms with van der Waals surface area (Å²) in [6, 6.07) is 1.80. The minimum Gasteiger partial charge on any atom is -0.384 e. The van der Waals surface area contributed by atoms with E-state index in [0.717, 1.165) is 12.0 Å². The smallest absolute Gasteiger partial charge is 0.343 e. The number of nitrogen functional groups attached to an aromatic ring is 1. The highest BCUT2D eigenvalue weighted by Gasteiger charge is 2.15. The van der Waals surface area contributed by atoms with Crippen LogP contribution in [-0.4, -0.2) is 25.6 Å². The summed E-state index contributed by atoms with van der Waals surface area (Å²) in [6.45, 7) is 4.44. The first-order valence-corrected chi connectivity index (χ1v) is 6.99. The molecule has 0 atom stereocenters. The summed E-state index contributed by atoms with van der Waals surface area (Å²) < 4.78 is 1.55. The zero-order chi connectivity index (χ0) is 14.7. The summed E-state index contributed by atoms with van der Waals surface area (Å²) in [5.41, 5.74) is 6.81. The number of nitrogens with two attached hydrogens (primary N) is 1. The van der Waals surface area contributed by atoms with E-state index in [1.165, 1.54) is 11.8 Å². The molecule has 0 aliphatic rings. The summed E-state index contributed by atoms with van der Waals surface area (Å²) in [7, 11) is 0. The molecule has 2 rings (SSSR count). The monoisotopic (exact) mass is 292 g/mol. The maximum absolute atomic E-state index is 11.7. The number of amidine groups is 1. The Balaban J connectivity index is 2.43. The van der Waals surface area contributed by atoms with Gasteiger partial charge in [0.05, 0.1) is 5.56 Å². The van der Waals surface area contributed by atoms with E-state index in [1.54, 1.807) is 16.8 Å². The van der Waals surface area contributed by atoms with Crippen LogP contribution in [0.3, 0.4) is 0 Å². The Morgan fingerprint density at radius 2 is 2.35 bits per heavy atom. The van der Waals surface area contributed by atoms with Gasteiger partial charge in [0.1, 0.15) is 10.9 Å². The number of hydrogen-bond donors (Lipinski definition) is 3. The lowest BCUT2D eigenvalue weighted by atomic mass is 10.1. The highest BCUT2D eigenvalue weighted by molar-refractivity contribution is 7.99. The van der Waals surface area contributed by atoms with Gasteiger partial charge in [-0.3, -0.25) is 9.98 Å². The van der Waals surface area contributed by atoms with Crippen LogP contribution >= 0.6 is 11.8 Å². The lowest BCUT2D eigenvalue weighted by molar-refractivity contribution is 0.603. The van der Waals surface area contributed by atoms with Crippen LogP contribution in [0.5, 0.6) is 0 Å². The molecule has 0 saturated heterocycles. The van der Waals surface area contributed by atoms with Gasteiger partial charge >= 0.3 is 5.69 Å². The summed E-state index contributed by atoms with van der Waals surface area (Å²) in [4.78, 5) is 15.9. The molecular formula is C12H16N6OS. The SMILES string of the molecule is CCCn1c(Sc2nccc(C)c2C(=N)N)n[nH]c1=O. The molecule has 7 nitrogen and oxygen atoms in total. The predicted molar refractivity (Wildman–Crippen MR) is 77.3 cm³/mol. The third-order valence-electron chi connectivity index (χ3n) is 2.75. The third kappa shape index (κ3) is 2.74. The van der Waals surface area contributed by atoms with Gasteiger partial charge in [-0.25, -0.2) is 14.9 Å². The number of pyridine rings is 1. The molecule has 4 N–H and O–H groups in total. The van der Waals surface area contributed by atoms with E-state index in [1.807, 2.05) is 13.8 Å². The van der Waals surface area contributed by atoms with E-state index in [9.17, 15) is 4.79 Å². The average Bonchev–Trinajstić information content (AvgIpc) is 2.72. The van der Waals surface area contributed by atoms with Gasteiger partial charge < -0.3 is 5.73 Å². The fraction of sp³-hybridized carbons (Fsp3) is 0.333. The molecule has 2 aromatic heterocycles. The minimum absolute atomic E-state index is 0.0435. The van der Waals surface area contributed by atoms with Crippen molar-refractivity contribution in [1.29, 1.82) is 5.41 Å². The maximum Gasteiger partial charge on any atom is 0.343 e. The van der Waals surface area contributed by atoms with E-state index < -0.39 is 0 Å². The normalized spacial score (nSPS) is 10.7. The Morgan fingerprint density at radius 3 is 3.00 bits per heavy atom. The van der Waals surface area contributed by atoms with Gasteiger partial charge in [-0.05, 0) is 36.7 Å². The number of nitrogens with one attached hydrogen (secondary N) is 2. The van der Waals surface area contributed by atoms with Gasteiger partial charge in [0, 0.05) is 12.7 Å². The van der Waals surface area contributed by atoms with Crippen LogP contribution in [0.2, 0.25) is 0 Å². The first-order valence-electron chi connectivity index (χ1n) is 6.17. The lowest BCUT2D eigenvalue weighted by Crippen LogP contribution is -2.18. The maximum atomic E-state index is 11.7. The lowest BCUT2D eigenvalue weighted by Gasteiger charge is -2.09. The van der Waals surface area contributed by atoms with Crippen molar-refractivity contribution in [3.05, 3.63) is 33.9 Å². The molecule has 0 aliphatic carbocycles. The van der Waals surface area contributed by atoms with E-state index in [2.05, 4.69) is 15.2 Å². The van der Waals surface area contributed by atoms with Crippen molar-refractivity contribution in [3.8, 4) is 0 Å². The van der Waals surface area contributed by atoms with Crippen LogP contribution in [0.25, 0.3) is 0 Å². The number of hydrogen-bond acceptors (Lipinski definition) is 5. The second kappa shape index (κ2) is 5.91. The molecule has 2 heterocycles. The number of rotatable bonds is 5. The van der Waals surface area contributed by atoms with E-state index in [0.29, 0.717) is 22.3 Å². The molecule has 0 radical (unpaired) electrons. The van der Waals surface area contributed by atoms with Crippen LogP contribution < -0.4 is 11.4 Å². The Bertz CT molecular complexity index is 689. The summed E-state index contributed by atoms with van der Waals surface area (Å²) in [5.74, 6) is -0.0435. The molecule has 0 saturated carbocycles. The number of aryl methyl sites for hydroxylation is 1. The van der Waals surface area contributed by atoms with E-state index in [4.69, 9.17) is 11.1 Å². The highest BCUT2D eigenvalue weighted by atomic mass is 32.2. The molecular weight excluding hydrogens is 276 g/mol. The molecule has 2 aromatic rings. The van der Waals surface area contributed by atoms with Crippen LogP contribution in [-0.2, 0) is 6.54 Å². The minimum atomic E-state index is -0.244. The number of aromatic amines is 1. The van der Waals surface area contributed by atoms with Crippen molar-refractivity contribution in [2.75, 3.05) is 0 Å². The summed E-state index contributed by atoms with van der Waals surface area (Å²) in [5, 5.41) is 15.2. The fourth-order valence-electron chi connectivity index (χ4n) is 1.83. The Hall–Kier alpha value is -2.09. The summed E-state index contributed by atoms with van der Waals surface area (Å²) in [6.07, 6.45) is 2.48. The van der Waals surface area contributed by atoms with Crippen molar-refractivity contribution in [2.45, 2.75) is 37.0 Å². The van der Waals surface area contributed by atoms with Crippen molar-refractivity contribution >= 4 is 17.6 Å². The first kappa shape index (κ1) is 14.3. The molecule has 0 unspecified atom stereocenters. The molecule has 106 valence electrons. The molecule has 0 spiro atoms. The van der Waals surface area contributed by atoms with E-state index in [-0.39, 0.29) is 11.5 Å². The van der Waals surface area contributed by atoms with Crippen LogP contribution in [0.15, 0.2) is 27.2 Å². The van der Waals surface area contributed by atoms with Crippen molar-refractivity contribution in [3.63, 3.8) is 0 Å². The quantitative estimate of drug-likeness (QED) is 0.564. The Morgan fingerprint density at radius 1 is 1.60 bits per heavy atom. The zero-order valence-electron chi connectivity index (χ0n) is 11.3. The summed E-state index contributed by atoms with van der Waals surface area (Å²) >= 11 is 1.23. The van der Waals surface area contributed by atoms with Crippen molar-refractivity contribution in [1.82, 2.24) is 19.7 Å². The van der Waals surface area contributed by atoms with Gasteiger partial charge in [0.25, 0.3) is 0 Å². The van der Waals surface area contributed by atoms with Gasteiger partial charge in [0.2, 0.25) is 0 Å². The average molecular weight is 292 g/mol. The van der Waals surface area contributed by atoms with Crippen LogP contribution in [0, 0.1) is 12.3 Å². The van der Waals surface area contributed by atoms with Gasteiger partial charge in [-0.2, -0.15) is 0 Å². The van der Waals surface area contributed by atoms with Crippen LogP contribution in [0.4, 0.5) is 0 Å². The topological polar surface area (TPSA) is 113 Å². The molecule has 20 heavy (non-hydrogen) atoms. The molecule has 0 amide bonds. The fourth-order valence-corrected chi connectivity index (χ4v) is 2.86. The second-order valence-electron chi connectivity index (χ2n) is 4.29. The predicted octanol–water partition coefficient (Wildman–Crippen LogP) is 1.12. The van der Waals surface area contributed by atoms with Crippen molar-refractivity contribution in [2.24, 2.45) is 5.73 Å². The van der Waals surface area contributed by atoms with Crippen molar-refractivity contribution < 1.29 is 0 Å². The van der Waals surface area contributed by atoms with E-state index >= 15 is 0 Å². The molecule has 0 aromatic carbocycles. The largest absolute Gasteiger partial charge is 0.384 e. The zero-order valence-corrected chi connectivity index (χ0v) is 12.1.